The van der Waals surface area contributed by atoms with Crippen molar-refractivity contribution in [2.75, 3.05) is 23.7 Å². The number of carbonyl (C=O) groups excluding carboxylic acids is 2. The minimum Gasteiger partial charge on any atom is -0.354 e. The van der Waals surface area contributed by atoms with Crippen molar-refractivity contribution in [2.45, 2.75) is 33.4 Å². The summed E-state index contributed by atoms with van der Waals surface area (Å²) in [7, 11) is -3.82. The van der Waals surface area contributed by atoms with E-state index in [0.717, 1.165) is 21.5 Å². The van der Waals surface area contributed by atoms with Crippen LogP contribution in [-0.2, 0) is 26.2 Å². The van der Waals surface area contributed by atoms with Crippen molar-refractivity contribution in [1.82, 2.24) is 10.2 Å². The molecule has 0 aliphatic heterocycles. The zero-order valence-corrected chi connectivity index (χ0v) is 22.5. The van der Waals surface area contributed by atoms with Gasteiger partial charge in [-0.3, -0.25) is 13.9 Å². The standard InChI is InChI=1S/C27H32ClN3O4S/c1-19(2)16-29-27(33)20(3)30(17-21-12-14-23(28)15-13-21)26(32)18-31(36(4,34)35)25-11-7-9-22-8-5-6-10-24(22)25/h5-15,19-20H,16-18H2,1-4H3,(H,29,33)/t20-/m1/s1. The molecule has 3 aromatic rings. The van der Waals surface area contributed by atoms with E-state index in [1.54, 1.807) is 43.3 Å². The summed E-state index contributed by atoms with van der Waals surface area (Å²) in [5.74, 6) is -0.550. The summed E-state index contributed by atoms with van der Waals surface area (Å²) in [6, 6.07) is 18.9. The monoisotopic (exact) mass is 529 g/mol. The molecule has 0 radical (unpaired) electrons. The van der Waals surface area contributed by atoms with Crippen LogP contribution in [0.25, 0.3) is 10.8 Å². The number of nitrogens with one attached hydrogen (secondary N) is 1. The number of fused-ring (bicyclic) bond motifs is 1. The molecule has 0 aliphatic carbocycles. The summed E-state index contributed by atoms with van der Waals surface area (Å²) in [5.41, 5.74) is 1.18. The van der Waals surface area contributed by atoms with Crippen molar-refractivity contribution in [3.05, 3.63) is 77.3 Å². The summed E-state index contributed by atoms with van der Waals surface area (Å²) in [6.45, 7) is 5.76. The van der Waals surface area contributed by atoms with Gasteiger partial charge in [0.1, 0.15) is 12.6 Å². The van der Waals surface area contributed by atoms with Crippen LogP contribution in [0.4, 0.5) is 5.69 Å². The largest absolute Gasteiger partial charge is 0.354 e. The maximum absolute atomic E-state index is 13.7. The SMILES string of the molecule is CC(C)CNC(=O)[C@@H](C)N(Cc1ccc(Cl)cc1)C(=O)CN(c1cccc2ccccc12)S(C)(=O)=O. The van der Waals surface area contributed by atoms with Gasteiger partial charge < -0.3 is 10.2 Å². The Morgan fingerprint density at radius 2 is 1.58 bits per heavy atom. The van der Waals surface area contributed by atoms with E-state index < -0.39 is 28.5 Å². The molecule has 36 heavy (non-hydrogen) atoms. The fourth-order valence-electron chi connectivity index (χ4n) is 3.84. The molecule has 0 spiro atoms. The normalized spacial score (nSPS) is 12.4. The van der Waals surface area contributed by atoms with Crippen LogP contribution in [0.5, 0.6) is 0 Å². The number of carbonyl (C=O) groups is 2. The number of sulfonamides is 1. The molecular formula is C27H32ClN3O4S. The van der Waals surface area contributed by atoms with Crippen molar-refractivity contribution in [3.63, 3.8) is 0 Å². The molecule has 7 nitrogen and oxygen atoms in total. The molecule has 0 saturated heterocycles. The maximum Gasteiger partial charge on any atom is 0.244 e. The van der Waals surface area contributed by atoms with Crippen LogP contribution in [-0.4, -0.2) is 50.5 Å². The highest BCUT2D eigenvalue weighted by molar-refractivity contribution is 7.92. The van der Waals surface area contributed by atoms with Crippen LogP contribution in [0.2, 0.25) is 5.02 Å². The fraction of sp³-hybridized carbons (Fsp3) is 0.333. The summed E-state index contributed by atoms with van der Waals surface area (Å²) < 4.78 is 26.8. The number of benzene rings is 3. The quantitative estimate of drug-likeness (QED) is 0.420. The van der Waals surface area contributed by atoms with Gasteiger partial charge in [-0.15, -0.1) is 0 Å². The van der Waals surface area contributed by atoms with Crippen LogP contribution in [0, 0.1) is 5.92 Å². The van der Waals surface area contributed by atoms with E-state index >= 15 is 0 Å². The maximum atomic E-state index is 13.7. The van der Waals surface area contributed by atoms with Crippen LogP contribution >= 0.6 is 11.6 Å². The van der Waals surface area contributed by atoms with E-state index in [2.05, 4.69) is 5.32 Å². The zero-order chi connectivity index (χ0) is 26.5. The Labute approximate surface area is 218 Å². The highest BCUT2D eigenvalue weighted by atomic mass is 35.5. The Balaban J connectivity index is 1.96. The Morgan fingerprint density at radius 1 is 0.944 bits per heavy atom. The van der Waals surface area contributed by atoms with Crippen LogP contribution in [0.3, 0.4) is 0 Å². The predicted octanol–water partition coefficient (Wildman–Crippen LogP) is 4.45. The van der Waals surface area contributed by atoms with E-state index in [-0.39, 0.29) is 18.4 Å². The summed E-state index contributed by atoms with van der Waals surface area (Å²) in [5, 5.41) is 4.99. The molecule has 0 saturated carbocycles. The summed E-state index contributed by atoms with van der Waals surface area (Å²) in [4.78, 5) is 28.0. The zero-order valence-electron chi connectivity index (χ0n) is 20.9. The number of hydrogen-bond acceptors (Lipinski definition) is 4. The van der Waals surface area contributed by atoms with Gasteiger partial charge in [0.25, 0.3) is 0 Å². The molecule has 2 amide bonds. The van der Waals surface area contributed by atoms with Crippen molar-refractivity contribution in [3.8, 4) is 0 Å². The minimum absolute atomic E-state index is 0.124. The van der Waals surface area contributed by atoms with E-state index in [9.17, 15) is 18.0 Å². The molecule has 3 aromatic carbocycles. The van der Waals surface area contributed by atoms with Crippen LogP contribution in [0.1, 0.15) is 26.3 Å². The number of rotatable bonds is 10. The van der Waals surface area contributed by atoms with E-state index in [4.69, 9.17) is 11.6 Å². The molecule has 192 valence electrons. The molecule has 1 N–H and O–H groups in total. The first kappa shape index (κ1) is 27.5. The number of nitrogens with zero attached hydrogens (tertiary/aromatic N) is 2. The average molecular weight is 530 g/mol. The molecule has 1 atom stereocenters. The third kappa shape index (κ3) is 6.98. The Kier molecular flexibility index (Phi) is 8.98. The smallest absolute Gasteiger partial charge is 0.244 e. The predicted molar refractivity (Wildman–Crippen MR) is 145 cm³/mol. The number of amides is 2. The number of hydrogen-bond donors (Lipinski definition) is 1. The number of anilines is 1. The second-order valence-corrected chi connectivity index (χ2v) is 11.6. The lowest BCUT2D eigenvalue weighted by Gasteiger charge is -2.32. The topological polar surface area (TPSA) is 86.8 Å². The molecule has 0 fully saturated rings. The molecule has 9 heteroatoms. The first-order valence-corrected chi connectivity index (χ1v) is 14.0. The number of halogens is 1. The first-order chi connectivity index (χ1) is 17.0. The molecule has 0 unspecified atom stereocenters. The Morgan fingerprint density at radius 3 is 2.22 bits per heavy atom. The molecular weight excluding hydrogens is 498 g/mol. The average Bonchev–Trinajstić information content (AvgIpc) is 2.84. The van der Waals surface area contributed by atoms with Gasteiger partial charge in [0.2, 0.25) is 21.8 Å². The van der Waals surface area contributed by atoms with Gasteiger partial charge >= 0.3 is 0 Å². The van der Waals surface area contributed by atoms with Gasteiger partial charge in [-0.05, 0) is 42.0 Å². The first-order valence-electron chi connectivity index (χ1n) is 11.7. The Bertz CT molecular complexity index is 1320. The van der Waals surface area contributed by atoms with E-state index in [1.807, 2.05) is 44.2 Å². The van der Waals surface area contributed by atoms with E-state index in [1.165, 1.54) is 4.90 Å². The molecule has 0 bridgehead atoms. The third-order valence-corrected chi connectivity index (χ3v) is 7.21. The van der Waals surface area contributed by atoms with Crippen molar-refractivity contribution < 1.29 is 18.0 Å². The summed E-state index contributed by atoms with van der Waals surface area (Å²) >= 11 is 6.01. The van der Waals surface area contributed by atoms with Gasteiger partial charge in [-0.1, -0.05) is 74.0 Å². The van der Waals surface area contributed by atoms with Crippen LogP contribution < -0.4 is 9.62 Å². The van der Waals surface area contributed by atoms with Crippen molar-refractivity contribution in [1.29, 1.82) is 0 Å². The third-order valence-electron chi connectivity index (χ3n) is 5.83. The lowest BCUT2D eigenvalue weighted by molar-refractivity contribution is -0.139. The molecule has 0 aliphatic rings. The minimum atomic E-state index is -3.82. The fourth-order valence-corrected chi connectivity index (χ4v) is 4.83. The van der Waals surface area contributed by atoms with Crippen molar-refractivity contribution in [2.24, 2.45) is 5.92 Å². The lowest BCUT2D eigenvalue weighted by Crippen LogP contribution is -2.51. The van der Waals surface area contributed by atoms with Gasteiger partial charge in [0.05, 0.1) is 11.9 Å². The second-order valence-electron chi connectivity index (χ2n) is 9.23. The van der Waals surface area contributed by atoms with Crippen molar-refractivity contribution >= 4 is 49.9 Å². The summed E-state index contributed by atoms with van der Waals surface area (Å²) in [6.07, 6.45) is 1.07. The van der Waals surface area contributed by atoms with Gasteiger partial charge in [0.15, 0.2) is 0 Å². The van der Waals surface area contributed by atoms with E-state index in [0.29, 0.717) is 22.6 Å². The van der Waals surface area contributed by atoms with Gasteiger partial charge in [0, 0.05) is 23.5 Å². The van der Waals surface area contributed by atoms with Gasteiger partial charge in [-0.25, -0.2) is 8.42 Å². The highest BCUT2D eigenvalue weighted by Gasteiger charge is 2.30. The Hall–Kier alpha value is -3.10. The second kappa shape index (κ2) is 11.8. The van der Waals surface area contributed by atoms with Crippen LogP contribution in [0.15, 0.2) is 66.7 Å². The van der Waals surface area contributed by atoms with Gasteiger partial charge in [-0.2, -0.15) is 0 Å². The molecule has 0 heterocycles. The molecule has 3 rings (SSSR count). The molecule has 0 aromatic heterocycles. The lowest BCUT2D eigenvalue weighted by atomic mass is 10.1. The highest BCUT2D eigenvalue weighted by Crippen LogP contribution is 2.28.